The first-order valence-corrected chi connectivity index (χ1v) is 10.3. The van der Waals surface area contributed by atoms with E-state index in [1.54, 1.807) is 6.07 Å². The van der Waals surface area contributed by atoms with E-state index in [2.05, 4.69) is 31.2 Å². The summed E-state index contributed by atoms with van der Waals surface area (Å²) in [6.45, 7) is 6.11. The monoisotopic (exact) mass is 479 g/mol. The van der Waals surface area contributed by atoms with Crippen LogP contribution in [0.25, 0.3) is 10.9 Å². The number of halogens is 2. The third-order valence-corrected chi connectivity index (χ3v) is 6.34. The van der Waals surface area contributed by atoms with E-state index in [1.807, 2.05) is 51.2 Å². The number of hydrogen-bond acceptors (Lipinski definition) is 3. The lowest BCUT2D eigenvalue weighted by Crippen LogP contribution is -2.62. The fourth-order valence-corrected chi connectivity index (χ4v) is 3.73. The molecule has 3 rings (SSSR count). The summed E-state index contributed by atoms with van der Waals surface area (Å²) < 4.78 is 6.62. The summed E-state index contributed by atoms with van der Waals surface area (Å²) >= 11 is 9.29. The van der Waals surface area contributed by atoms with Crippen molar-refractivity contribution in [3.63, 3.8) is 0 Å². The number of fused-ring (bicyclic) bond motifs is 1. The van der Waals surface area contributed by atoms with Crippen LogP contribution in [0.2, 0.25) is 5.15 Å². The van der Waals surface area contributed by atoms with E-state index in [1.165, 1.54) is 6.20 Å². The molecule has 0 aliphatic carbocycles. The van der Waals surface area contributed by atoms with Gasteiger partial charge in [-0.2, -0.15) is 0 Å². The van der Waals surface area contributed by atoms with Crippen molar-refractivity contribution in [1.82, 2.24) is 15.3 Å². The van der Waals surface area contributed by atoms with E-state index in [-0.39, 0.29) is 6.61 Å². The minimum atomic E-state index is -1.10. The highest BCUT2D eigenvalue weighted by molar-refractivity contribution is 9.10. The van der Waals surface area contributed by atoms with Crippen molar-refractivity contribution in [3.05, 3.63) is 57.9 Å². The van der Waals surface area contributed by atoms with Crippen molar-refractivity contribution < 1.29 is 14.6 Å². The Bertz CT molecular complexity index is 1030. The van der Waals surface area contributed by atoms with E-state index in [4.69, 9.17) is 16.3 Å². The molecule has 2 heterocycles. The highest BCUT2D eigenvalue weighted by Crippen LogP contribution is 2.36. The van der Waals surface area contributed by atoms with Gasteiger partial charge >= 0.3 is 6.09 Å². The van der Waals surface area contributed by atoms with Crippen molar-refractivity contribution >= 4 is 44.5 Å². The number of aromatic nitrogens is 2. The summed E-state index contributed by atoms with van der Waals surface area (Å²) in [6, 6.07) is 9.67. The first-order valence-electron chi connectivity index (χ1n) is 9.11. The molecule has 0 aliphatic heterocycles. The Hall–Kier alpha value is -2.25. The van der Waals surface area contributed by atoms with Crippen molar-refractivity contribution in [2.24, 2.45) is 5.41 Å². The fourth-order valence-electron chi connectivity index (χ4n) is 3.30. The normalized spacial score (nSPS) is 13.8. The molecule has 6 nitrogen and oxygen atoms in total. The summed E-state index contributed by atoms with van der Waals surface area (Å²) in [5.41, 5.74) is 0.687. The number of aromatic amines is 1. The van der Waals surface area contributed by atoms with Crippen LogP contribution < -0.4 is 10.1 Å². The molecule has 154 valence electrons. The van der Waals surface area contributed by atoms with Gasteiger partial charge in [-0.3, -0.25) is 0 Å². The van der Waals surface area contributed by atoms with Gasteiger partial charge in [0.1, 0.15) is 17.5 Å². The summed E-state index contributed by atoms with van der Waals surface area (Å²) in [5, 5.41) is 13.8. The molecule has 3 aromatic rings. The number of amides is 1. The zero-order valence-electron chi connectivity index (χ0n) is 16.4. The highest BCUT2D eigenvalue weighted by Gasteiger charge is 2.45. The lowest BCUT2D eigenvalue weighted by atomic mass is 9.70. The first-order chi connectivity index (χ1) is 13.6. The van der Waals surface area contributed by atoms with Crippen LogP contribution in [-0.4, -0.2) is 33.3 Å². The number of hydrogen-bond donors (Lipinski definition) is 3. The van der Waals surface area contributed by atoms with Crippen LogP contribution in [0.3, 0.4) is 0 Å². The molecular formula is C21H23BrClN3O3. The Morgan fingerprint density at radius 2 is 2.07 bits per heavy atom. The van der Waals surface area contributed by atoms with Gasteiger partial charge in [-0.1, -0.05) is 50.6 Å². The molecule has 0 bridgehead atoms. The Labute approximate surface area is 182 Å². The number of nitrogens with one attached hydrogen (secondary N) is 2. The van der Waals surface area contributed by atoms with Gasteiger partial charge in [-0.05, 0) is 39.0 Å². The quantitative estimate of drug-likeness (QED) is 0.398. The van der Waals surface area contributed by atoms with Gasteiger partial charge in [-0.15, -0.1) is 0 Å². The zero-order chi connectivity index (χ0) is 21.2. The third kappa shape index (κ3) is 4.67. The van der Waals surface area contributed by atoms with Crippen LogP contribution >= 0.6 is 27.5 Å². The second-order valence-corrected chi connectivity index (χ2v) is 9.24. The SMILES string of the molecule is CC(C)(C)[C@](COc1cnc(Cl)c(Br)c1)(Cc1c[nH]c2ccccc12)NC(=O)O. The Morgan fingerprint density at radius 3 is 2.72 bits per heavy atom. The molecule has 29 heavy (non-hydrogen) atoms. The van der Waals surface area contributed by atoms with Gasteiger partial charge < -0.3 is 20.1 Å². The summed E-state index contributed by atoms with van der Waals surface area (Å²) in [6.07, 6.45) is 2.80. The van der Waals surface area contributed by atoms with Crippen molar-refractivity contribution in [2.45, 2.75) is 32.7 Å². The second-order valence-electron chi connectivity index (χ2n) is 8.03. The Kier molecular flexibility index (Phi) is 6.10. The molecule has 3 N–H and O–H groups in total. The van der Waals surface area contributed by atoms with E-state index in [9.17, 15) is 9.90 Å². The number of carbonyl (C=O) groups is 1. The molecule has 0 unspecified atom stereocenters. The molecule has 0 spiro atoms. The van der Waals surface area contributed by atoms with E-state index < -0.39 is 17.0 Å². The largest absolute Gasteiger partial charge is 0.489 e. The predicted octanol–water partition coefficient (Wildman–Crippen LogP) is 5.65. The number of rotatable bonds is 6. The predicted molar refractivity (Wildman–Crippen MR) is 118 cm³/mol. The molecule has 8 heteroatoms. The maximum atomic E-state index is 11.8. The molecule has 2 aromatic heterocycles. The molecule has 0 radical (unpaired) electrons. The van der Waals surface area contributed by atoms with E-state index in [0.717, 1.165) is 16.5 Å². The van der Waals surface area contributed by atoms with Crippen LogP contribution in [0.5, 0.6) is 5.75 Å². The minimum absolute atomic E-state index is 0.123. The van der Waals surface area contributed by atoms with Gasteiger partial charge in [0, 0.05) is 23.5 Å². The van der Waals surface area contributed by atoms with Crippen LogP contribution in [0.1, 0.15) is 26.3 Å². The summed E-state index contributed by atoms with van der Waals surface area (Å²) in [5.74, 6) is 0.501. The number of ether oxygens (including phenoxy) is 1. The molecule has 0 aliphatic rings. The minimum Gasteiger partial charge on any atom is -0.489 e. The Morgan fingerprint density at radius 1 is 1.34 bits per heavy atom. The average Bonchev–Trinajstić information content (AvgIpc) is 3.04. The lowest BCUT2D eigenvalue weighted by Gasteiger charge is -2.44. The van der Waals surface area contributed by atoms with Crippen LogP contribution in [-0.2, 0) is 6.42 Å². The van der Waals surface area contributed by atoms with Gasteiger partial charge in [0.2, 0.25) is 0 Å². The number of nitrogens with zero attached hydrogens (tertiary/aromatic N) is 1. The van der Waals surface area contributed by atoms with E-state index >= 15 is 0 Å². The van der Waals surface area contributed by atoms with Crippen LogP contribution in [0.15, 0.2) is 47.2 Å². The maximum Gasteiger partial charge on any atom is 0.405 e. The van der Waals surface area contributed by atoms with Crippen molar-refractivity contribution in [2.75, 3.05) is 6.61 Å². The molecule has 1 atom stereocenters. The number of benzene rings is 1. The average molecular weight is 481 g/mol. The number of H-pyrrole nitrogens is 1. The molecule has 0 fully saturated rings. The standard InChI is InChI=1S/C21H23BrClN3O3/c1-20(2,3)21(26-19(27)28,12-29-14-8-16(22)18(23)25-11-14)9-13-10-24-17-7-5-4-6-15(13)17/h4-8,10-11,24,26H,9,12H2,1-3H3,(H,27,28)/t21-/m1/s1. The Balaban J connectivity index is 1.98. The molecule has 1 aromatic carbocycles. The summed E-state index contributed by atoms with van der Waals surface area (Å²) in [4.78, 5) is 19.1. The van der Waals surface area contributed by atoms with Gasteiger partial charge in [0.15, 0.2) is 0 Å². The third-order valence-electron chi connectivity index (χ3n) is 5.21. The first kappa shape index (κ1) is 21.5. The van der Waals surface area contributed by atoms with Gasteiger partial charge in [-0.25, -0.2) is 9.78 Å². The smallest absolute Gasteiger partial charge is 0.405 e. The van der Waals surface area contributed by atoms with Crippen LogP contribution in [0, 0.1) is 5.41 Å². The number of pyridine rings is 1. The second kappa shape index (κ2) is 8.24. The van der Waals surface area contributed by atoms with Gasteiger partial charge in [0.25, 0.3) is 0 Å². The van der Waals surface area contributed by atoms with Crippen molar-refractivity contribution in [1.29, 1.82) is 0 Å². The topological polar surface area (TPSA) is 87.2 Å². The van der Waals surface area contributed by atoms with Crippen molar-refractivity contribution in [3.8, 4) is 5.75 Å². The molecular weight excluding hydrogens is 458 g/mol. The molecule has 0 saturated carbocycles. The fraction of sp³-hybridized carbons (Fsp3) is 0.333. The highest BCUT2D eigenvalue weighted by atomic mass is 79.9. The molecule has 1 amide bonds. The van der Waals surface area contributed by atoms with Gasteiger partial charge in [0.05, 0.1) is 16.2 Å². The van der Waals surface area contributed by atoms with E-state index in [0.29, 0.717) is 21.8 Å². The lowest BCUT2D eigenvalue weighted by molar-refractivity contribution is 0.0688. The maximum absolute atomic E-state index is 11.8. The van der Waals surface area contributed by atoms with Crippen LogP contribution in [0.4, 0.5) is 4.79 Å². The zero-order valence-corrected chi connectivity index (χ0v) is 18.8. The number of carboxylic acid groups (broad SMARTS) is 1. The molecule has 0 saturated heterocycles. The summed E-state index contributed by atoms with van der Waals surface area (Å²) in [7, 11) is 0. The number of para-hydroxylation sites is 1.